The molecule has 0 radical (unpaired) electrons. The van der Waals surface area contributed by atoms with Crippen LogP contribution in [0.1, 0.15) is 36.9 Å². The highest BCUT2D eigenvalue weighted by Gasteiger charge is 2.43. The molecule has 0 bridgehead atoms. The summed E-state index contributed by atoms with van der Waals surface area (Å²) in [6, 6.07) is 16.3. The largest absolute Gasteiger partial charge is 0.438 e. The molecule has 3 aromatic rings. The van der Waals surface area contributed by atoms with Gasteiger partial charge in [0.1, 0.15) is 23.1 Å². The molecule has 4 rings (SSSR count). The van der Waals surface area contributed by atoms with Crippen LogP contribution >= 0.6 is 0 Å². The van der Waals surface area contributed by atoms with Crippen LogP contribution in [0, 0.1) is 17.5 Å². The zero-order chi connectivity index (χ0) is 24.3. The fourth-order valence-electron chi connectivity index (χ4n) is 4.41. The standard InChI is InChI=1S/C27H26F3NO3/c1-18(19-3-5-20(6-4-19)24-12-11-23(29)17-25(24)30)31-15-13-27(14-16-33-2,34-26(31)32)21-7-9-22(28)10-8-21/h3-12,17-18H,13-16H2,1-2H3/t18-,27?/m0/s1. The van der Waals surface area contributed by atoms with E-state index in [-0.39, 0.29) is 11.9 Å². The normalized spacial score (nSPS) is 19.1. The lowest BCUT2D eigenvalue weighted by atomic mass is 9.85. The average molecular weight is 470 g/mol. The van der Waals surface area contributed by atoms with E-state index in [4.69, 9.17) is 9.47 Å². The molecule has 4 nitrogen and oxygen atoms in total. The summed E-state index contributed by atoms with van der Waals surface area (Å²) in [4.78, 5) is 14.7. The lowest BCUT2D eigenvalue weighted by Crippen LogP contribution is -2.49. The molecule has 0 aliphatic carbocycles. The van der Waals surface area contributed by atoms with E-state index in [1.807, 2.05) is 19.1 Å². The average Bonchev–Trinajstić information content (AvgIpc) is 2.83. The summed E-state index contributed by atoms with van der Waals surface area (Å²) in [5.74, 6) is -1.61. The zero-order valence-corrected chi connectivity index (χ0v) is 19.1. The fourth-order valence-corrected chi connectivity index (χ4v) is 4.41. The molecule has 178 valence electrons. The number of methoxy groups -OCH3 is 1. The second kappa shape index (κ2) is 9.89. The van der Waals surface area contributed by atoms with Crippen molar-refractivity contribution < 1.29 is 27.4 Å². The van der Waals surface area contributed by atoms with Gasteiger partial charge >= 0.3 is 6.09 Å². The van der Waals surface area contributed by atoms with E-state index < -0.39 is 23.3 Å². The Morgan fingerprint density at radius 3 is 2.29 bits per heavy atom. The first-order valence-corrected chi connectivity index (χ1v) is 11.1. The van der Waals surface area contributed by atoms with Crippen LogP contribution < -0.4 is 0 Å². The third-order valence-corrected chi connectivity index (χ3v) is 6.46. The van der Waals surface area contributed by atoms with Gasteiger partial charge in [-0.15, -0.1) is 0 Å². The van der Waals surface area contributed by atoms with Crippen molar-refractivity contribution in [2.45, 2.75) is 31.4 Å². The third kappa shape index (κ3) is 4.80. The number of halogens is 3. The maximum atomic E-state index is 14.1. The number of hydrogen-bond donors (Lipinski definition) is 0. The molecular weight excluding hydrogens is 443 g/mol. The van der Waals surface area contributed by atoms with E-state index in [9.17, 15) is 18.0 Å². The van der Waals surface area contributed by atoms with Gasteiger partial charge in [0, 0.05) is 38.1 Å². The lowest BCUT2D eigenvalue weighted by Gasteiger charge is -2.43. The van der Waals surface area contributed by atoms with Crippen molar-refractivity contribution in [3.05, 3.63) is 95.3 Å². The van der Waals surface area contributed by atoms with Crippen LogP contribution in [0.25, 0.3) is 11.1 Å². The Labute approximate surface area is 196 Å². The second-order valence-electron chi connectivity index (χ2n) is 8.48. The van der Waals surface area contributed by atoms with Crippen LogP contribution in [0.2, 0.25) is 0 Å². The molecule has 0 N–H and O–H groups in total. The summed E-state index contributed by atoms with van der Waals surface area (Å²) in [5, 5.41) is 0. The Morgan fingerprint density at radius 1 is 1.00 bits per heavy atom. The summed E-state index contributed by atoms with van der Waals surface area (Å²) < 4.78 is 52.0. The Kier molecular flexibility index (Phi) is 6.93. The first kappa shape index (κ1) is 23.8. The van der Waals surface area contributed by atoms with Gasteiger partial charge in [0.25, 0.3) is 0 Å². The molecule has 7 heteroatoms. The number of amides is 1. The first-order valence-electron chi connectivity index (χ1n) is 11.1. The summed E-state index contributed by atoms with van der Waals surface area (Å²) in [5.41, 5.74) is 1.62. The maximum absolute atomic E-state index is 14.1. The molecule has 1 amide bonds. The minimum Gasteiger partial charge on any atom is -0.438 e. The van der Waals surface area contributed by atoms with Gasteiger partial charge in [0.15, 0.2) is 0 Å². The van der Waals surface area contributed by atoms with Gasteiger partial charge < -0.3 is 14.4 Å². The Morgan fingerprint density at radius 2 is 1.68 bits per heavy atom. The Balaban J connectivity index is 1.52. The highest BCUT2D eigenvalue weighted by atomic mass is 19.1. The van der Waals surface area contributed by atoms with Crippen molar-refractivity contribution in [3.8, 4) is 11.1 Å². The van der Waals surface area contributed by atoms with E-state index >= 15 is 0 Å². The van der Waals surface area contributed by atoms with Crippen molar-refractivity contribution in [1.82, 2.24) is 4.90 Å². The van der Waals surface area contributed by atoms with Gasteiger partial charge in [-0.2, -0.15) is 0 Å². The first-order chi connectivity index (χ1) is 16.3. The summed E-state index contributed by atoms with van der Waals surface area (Å²) in [6.45, 7) is 2.73. The van der Waals surface area contributed by atoms with E-state index in [0.29, 0.717) is 37.1 Å². The van der Waals surface area contributed by atoms with Crippen LogP contribution in [0.3, 0.4) is 0 Å². The summed E-state index contributed by atoms with van der Waals surface area (Å²) in [6.07, 6.45) is 0.519. The number of nitrogens with zero attached hydrogens (tertiary/aromatic N) is 1. The molecule has 1 saturated heterocycles. The van der Waals surface area contributed by atoms with Crippen LogP contribution in [-0.4, -0.2) is 31.3 Å². The van der Waals surface area contributed by atoms with Crippen molar-refractivity contribution >= 4 is 6.09 Å². The SMILES string of the molecule is COCCC1(c2ccc(F)cc2)CCN([C@@H](C)c2ccc(-c3ccc(F)cc3F)cc2)C(=O)O1. The number of carbonyl (C=O) groups excluding carboxylic acids is 1. The van der Waals surface area contributed by atoms with Crippen molar-refractivity contribution in [1.29, 1.82) is 0 Å². The van der Waals surface area contributed by atoms with Crippen molar-refractivity contribution in [2.24, 2.45) is 0 Å². The molecular formula is C27H26F3NO3. The molecule has 0 saturated carbocycles. The van der Waals surface area contributed by atoms with E-state index in [1.165, 1.54) is 24.3 Å². The zero-order valence-electron chi connectivity index (χ0n) is 19.1. The lowest BCUT2D eigenvalue weighted by molar-refractivity contribution is -0.0743. The topological polar surface area (TPSA) is 38.8 Å². The van der Waals surface area contributed by atoms with Crippen molar-refractivity contribution in [2.75, 3.05) is 20.3 Å². The highest BCUT2D eigenvalue weighted by Crippen LogP contribution is 2.40. The van der Waals surface area contributed by atoms with Crippen molar-refractivity contribution in [3.63, 3.8) is 0 Å². The molecule has 1 aliphatic heterocycles. The van der Waals surface area contributed by atoms with Gasteiger partial charge in [-0.3, -0.25) is 0 Å². The number of carbonyl (C=O) groups is 1. The predicted octanol–water partition coefficient (Wildman–Crippen LogP) is 6.61. The maximum Gasteiger partial charge on any atom is 0.411 e. The van der Waals surface area contributed by atoms with Gasteiger partial charge in [-0.05, 0) is 47.9 Å². The number of cyclic esters (lactones) is 1. The molecule has 0 aromatic heterocycles. The van der Waals surface area contributed by atoms with E-state index in [1.54, 1.807) is 36.3 Å². The fraction of sp³-hybridized carbons (Fsp3) is 0.296. The van der Waals surface area contributed by atoms with E-state index in [2.05, 4.69) is 0 Å². The number of benzene rings is 3. The number of ether oxygens (including phenoxy) is 2. The van der Waals surface area contributed by atoms with Gasteiger partial charge in [0.2, 0.25) is 0 Å². The van der Waals surface area contributed by atoms with Gasteiger partial charge in [-0.25, -0.2) is 18.0 Å². The van der Waals surface area contributed by atoms with E-state index in [0.717, 1.165) is 17.2 Å². The summed E-state index contributed by atoms with van der Waals surface area (Å²) in [7, 11) is 1.58. The molecule has 1 heterocycles. The Hall–Kier alpha value is -3.32. The molecule has 1 fully saturated rings. The smallest absolute Gasteiger partial charge is 0.411 e. The van der Waals surface area contributed by atoms with Gasteiger partial charge in [0.05, 0.1) is 12.6 Å². The third-order valence-electron chi connectivity index (χ3n) is 6.46. The molecule has 2 atom stereocenters. The van der Waals surface area contributed by atoms with Crippen LogP contribution in [0.15, 0.2) is 66.7 Å². The predicted molar refractivity (Wildman–Crippen MR) is 123 cm³/mol. The minimum absolute atomic E-state index is 0.284. The van der Waals surface area contributed by atoms with Crippen LogP contribution in [0.5, 0.6) is 0 Å². The monoisotopic (exact) mass is 469 g/mol. The second-order valence-corrected chi connectivity index (χ2v) is 8.48. The highest BCUT2D eigenvalue weighted by molar-refractivity contribution is 5.70. The van der Waals surface area contributed by atoms with Crippen LogP contribution in [0.4, 0.5) is 18.0 Å². The molecule has 3 aromatic carbocycles. The minimum atomic E-state index is -0.888. The number of rotatable bonds is 7. The Bertz CT molecular complexity index is 1150. The van der Waals surface area contributed by atoms with Crippen LogP contribution in [-0.2, 0) is 15.1 Å². The molecule has 0 spiro atoms. The summed E-state index contributed by atoms with van der Waals surface area (Å²) >= 11 is 0. The molecule has 1 aliphatic rings. The molecule has 1 unspecified atom stereocenters. The van der Waals surface area contributed by atoms with Gasteiger partial charge in [-0.1, -0.05) is 36.4 Å². The molecule has 34 heavy (non-hydrogen) atoms. The quantitative estimate of drug-likeness (QED) is 0.391. The number of hydrogen-bond acceptors (Lipinski definition) is 3.